The molecule has 1 amide bonds. The van der Waals surface area contributed by atoms with E-state index in [4.69, 9.17) is 5.11 Å². The maximum atomic E-state index is 12.4. The number of nitrogens with zero attached hydrogens (tertiary/aromatic N) is 2. The van der Waals surface area contributed by atoms with Gasteiger partial charge in [-0.3, -0.25) is 14.6 Å². The van der Waals surface area contributed by atoms with Gasteiger partial charge in [0.05, 0.1) is 0 Å². The Morgan fingerprint density at radius 2 is 2.21 bits per heavy atom. The fraction of sp³-hybridized carbons (Fsp3) is 0.500. The zero-order valence-electron chi connectivity index (χ0n) is 10.8. The number of carbonyl (C=O) groups is 2. The molecular formula is C14H18N2O3. The minimum absolute atomic E-state index is 0.0272. The molecule has 0 aromatic carbocycles. The molecule has 1 aromatic rings. The molecule has 1 atom stereocenters. The van der Waals surface area contributed by atoms with Gasteiger partial charge in [0.25, 0.3) is 5.91 Å². The van der Waals surface area contributed by atoms with Crippen LogP contribution in [0.5, 0.6) is 0 Å². The van der Waals surface area contributed by atoms with E-state index in [1.807, 2.05) is 0 Å². The van der Waals surface area contributed by atoms with Crippen LogP contribution in [0.3, 0.4) is 0 Å². The molecule has 1 aromatic heterocycles. The van der Waals surface area contributed by atoms with Crippen molar-refractivity contribution in [1.82, 2.24) is 9.88 Å². The van der Waals surface area contributed by atoms with Gasteiger partial charge in [-0.15, -0.1) is 0 Å². The third-order valence-corrected chi connectivity index (χ3v) is 3.46. The first-order chi connectivity index (χ1) is 9.18. The second-order valence-electron chi connectivity index (χ2n) is 4.80. The molecule has 1 N–H and O–H groups in total. The van der Waals surface area contributed by atoms with E-state index in [2.05, 4.69) is 4.98 Å². The molecule has 1 unspecified atom stereocenters. The Labute approximate surface area is 112 Å². The van der Waals surface area contributed by atoms with Crippen LogP contribution < -0.4 is 0 Å². The van der Waals surface area contributed by atoms with Crippen LogP contribution in [0.2, 0.25) is 0 Å². The van der Waals surface area contributed by atoms with Crippen molar-refractivity contribution >= 4 is 11.9 Å². The number of carboxylic acid groups (broad SMARTS) is 1. The molecule has 0 radical (unpaired) electrons. The maximum absolute atomic E-state index is 12.4. The predicted octanol–water partition coefficient (Wildman–Crippen LogP) is 1.94. The van der Waals surface area contributed by atoms with Gasteiger partial charge in [-0.25, -0.2) is 0 Å². The summed E-state index contributed by atoms with van der Waals surface area (Å²) in [5.74, 6) is -0.897. The molecule has 0 bridgehead atoms. The molecule has 0 saturated carbocycles. The smallest absolute Gasteiger partial charge is 0.303 e. The SMILES string of the molecule is O=C(O)CCC1CCCCN1C(=O)c1ccccn1. The number of hydrogen-bond donors (Lipinski definition) is 1. The van der Waals surface area contributed by atoms with E-state index >= 15 is 0 Å². The molecule has 2 heterocycles. The number of aliphatic carboxylic acids is 1. The van der Waals surface area contributed by atoms with Gasteiger partial charge < -0.3 is 10.0 Å². The standard InChI is InChI=1S/C14H18N2O3/c17-13(18)8-7-11-5-2-4-10-16(11)14(19)12-6-1-3-9-15-12/h1,3,6,9,11H,2,4-5,7-8,10H2,(H,17,18). The fourth-order valence-electron chi connectivity index (χ4n) is 2.49. The minimum Gasteiger partial charge on any atom is -0.481 e. The van der Waals surface area contributed by atoms with Crippen molar-refractivity contribution in [2.45, 2.75) is 38.1 Å². The van der Waals surface area contributed by atoms with Crippen LogP contribution in [0, 0.1) is 0 Å². The van der Waals surface area contributed by atoms with Crippen LogP contribution in [0.15, 0.2) is 24.4 Å². The first-order valence-electron chi connectivity index (χ1n) is 6.62. The third kappa shape index (κ3) is 3.53. The van der Waals surface area contributed by atoms with E-state index in [0.29, 0.717) is 18.7 Å². The van der Waals surface area contributed by atoms with E-state index in [1.54, 1.807) is 29.3 Å². The summed E-state index contributed by atoms with van der Waals surface area (Å²) >= 11 is 0. The van der Waals surface area contributed by atoms with Gasteiger partial charge >= 0.3 is 5.97 Å². The number of amides is 1. The van der Waals surface area contributed by atoms with Gasteiger partial charge in [0.2, 0.25) is 0 Å². The van der Waals surface area contributed by atoms with Crippen LogP contribution in [-0.2, 0) is 4.79 Å². The zero-order valence-corrected chi connectivity index (χ0v) is 10.8. The maximum Gasteiger partial charge on any atom is 0.303 e. The Morgan fingerprint density at radius 1 is 1.37 bits per heavy atom. The second kappa shape index (κ2) is 6.31. The lowest BCUT2D eigenvalue weighted by molar-refractivity contribution is -0.137. The monoisotopic (exact) mass is 262 g/mol. The van der Waals surface area contributed by atoms with Gasteiger partial charge in [-0.05, 0) is 37.8 Å². The highest BCUT2D eigenvalue weighted by Gasteiger charge is 2.28. The quantitative estimate of drug-likeness (QED) is 0.900. The normalized spacial score (nSPS) is 19.2. The minimum atomic E-state index is -0.809. The number of rotatable bonds is 4. The van der Waals surface area contributed by atoms with E-state index in [9.17, 15) is 9.59 Å². The average Bonchev–Trinajstić information content (AvgIpc) is 2.45. The van der Waals surface area contributed by atoms with Crippen molar-refractivity contribution in [3.8, 4) is 0 Å². The lowest BCUT2D eigenvalue weighted by atomic mass is 9.97. The highest BCUT2D eigenvalue weighted by Crippen LogP contribution is 2.22. The molecule has 1 saturated heterocycles. The van der Waals surface area contributed by atoms with Crippen LogP contribution in [-0.4, -0.2) is 39.5 Å². The Hall–Kier alpha value is -1.91. The summed E-state index contributed by atoms with van der Waals surface area (Å²) in [7, 11) is 0. The van der Waals surface area contributed by atoms with Gasteiger partial charge in [0.1, 0.15) is 5.69 Å². The lowest BCUT2D eigenvalue weighted by Crippen LogP contribution is -2.44. The first kappa shape index (κ1) is 13.5. The summed E-state index contributed by atoms with van der Waals surface area (Å²) in [5, 5.41) is 8.77. The summed E-state index contributed by atoms with van der Waals surface area (Å²) in [6, 6.07) is 5.29. The Morgan fingerprint density at radius 3 is 2.89 bits per heavy atom. The summed E-state index contributed by atoms with van der Waals surface area (Å²) in [6.07, 6.45) is 5.14. The zero-order chi connectivity index (χ0) is 13.7. The van der Waals surface area contributed by atoms with Crippen LogP contribution in [0.4, 0.5) is 0 Å². The van der Waals surface area contributed by atoms with E-state index < -0.39 is 5.97 Å². The van der Waals surface area contributed by atoms with Crippen molar-refractivity contribution < 1.29 is 14.7 Å². The van der Waals surface area contributed by atoms with E-state index in [0.717, 1.165) is 19.3 Å². The largest absolute Gasteiger partial charge is 0.481 e. The fourth-order valence-corrected chi connectivity index (χ4v) is 2.49. The van der Waals surface area contributed by atoms with Crippen molar-refractivity contribution in [2.24, 2.45) is 0 Å². The number of carbonyl (C=O) groups excluding carboxylic acids is 1. The van der Waals surface area contributed by atoms with Gasteiger partial charge in [0, 0.05) is 25.2 Å². The van der Waals surface area contributed by atoms with Crippen LogP contribution >= 0.6 is 0 Å². The highest BCUT2D eigenvalue weighted by molar-refractivity contribution is 5.92. The topological polar surface area (TPSA) is 70.5 Å². The molecule has 0 spiro atoms. The molecule has 5 nitrogen and oxygen atoms in total. The second-order valence-corrected chi connectivity index (χ2v) is 4.80. The number of pyridine rings is 1. The summed E-state index contributed by atoms with van der Waals surface area (Å²) < 4.78 is 0. The van der Waals surface area contributed by atoms with Crippen molar-refractivity contribution in [3.63, 3.8) is 0 Å². The number of hydrogen-bond acceptors (Lipinski definition) is 3. The van der Waals surface area contributed by atoms with Gasteiger partial charge in [0.15, 0.2) is 0 Å². The molecule has 0 aliphatic carbocycles. The molecule has 1 aliphatic heterocycles. The molecule has 1 aliphatic rings. The molecular weight excluding hydrogens is 244 g/mol. The average molecular weight is 262 g/mol. The first-order valence-corrected chi connectivity index (χ1v) is 6.62. The molecule has 19 heavy (non-hydrogen) atoms. The van der Waals surface area contributed by atoms with Gasteiger partial charge in [-0.1, -0.05) is 6.07 Å². The molecule has 102 valence electrons. The van der Waals surface area contributed by atoms with Crippen molar-refractivity contribution in [2.75, 3.05) is 6.54 Å². The summed E-state index contributed by atoms with van der Waals surface area (Å²) in [6.45, 7) is 0.694. The molecule has 1 fully saturated rings. The number of carboxylic acids is 1. The van der Waals surface area contributed by atoms with Crippen LogP contribution in [0.1, 0.15) is 42.6 Å². The number of aromatic nitrogens is 1. The molecule has 2 rings (SSSR count). The molecule has 5 heteroatoms. The Balaban J connectivity index is 2.06. The summed E-state index contributed by atoms with van der Waals surface area (Å²) in [5.41, 5.74) is 0.435. The van der Waals surface area contributed by atoms with E-state index in [1.165, 1.54) is 0 Å². The number of piperidine rings is 1. The van der Waals surface area contributed by atoms with Crippen LogP contribution in [0.25, 0.3) is 0 Å². The van der Waals surface area contributed by atoms with Crippen molar-refractivity contribution in [1.29, 1.82) is 0 Å². The van der Waals surface area contributed by atoms with Crippen molar-refractivity contribution in [3.05, 3.63) is 30.1 Å². The van der Waals surface area contributed by atoms with Gasteiger partial charge in [-0.2, -0.15) is 0 Å². The third-order valence-electron chi connectivity index (χ3n) is 3.46. The summed E-state index contributed by atoms with van der Waals surface area (Å²) in [4.78, 5) is 28.9. The Kier molecular flexibility index (Phi) is 4.49. The lowest BCUT2D eigenvalue weighted by Gasteiger charge is -2.35. The number of likely N-dealkylation sites (tertiary alicyclic amines) is 1. The Bertz CT molecular complexity index is 447. The predicted molar refractivity (Wildman–Crippen MR) is 69.8 cm³/mol. The highest BCUT2D eigenvalue weighted by atomic mass is 16.4. The van der Waals surface area contributed by atoms with E-state index in [-0.39, 0.29) is 18.4 Å².